The Labute approximate surface area is 84.1 Å². The van der Waals surface area contributed by atoms with Crippen LogP contribution in [0.1, 0.15) is 0 Å². The molecule has 0 bridgehead atoms. The standard InChI is InChI=1S/C9H7BFNO3/c11-8-4-12-9(13)6-2-1-5(10(14)15)3-7(6)8/h1-4,14-15H,(H,12,13). The minimum atomic E-state index is -1.67. The maximum atomic E-state index is 13.3. The molecule has 1 aromatic carbocycles. The minimum Gasteiger partial charge on any atom is -0.423 e. The van der Waals surface area contributed by atoms with Crippen LogP contribution in [0.25, 0.3) is 10.8 Å². The summed E-state index contributed by atoms with van der Waals surface area (Å²) in [6.07, 6.45) is 0.943. The number of benzene rings is 1. The van der Waals surface area contributed by atoms with Crippen molar-refractivity contribution in [1.82, 2.24) is 4.98 Å². The number of aromatic amines is 1. The number of hydrogen-bond acceptors (Lipinski definition) is 3. The van der Waals surface area contributed by atoms with E-state index in [0.29, 0.717) is 0 Å². The molecule has 76 valence electrons. The van der Waals surface area contributed by atoms with E-state index >= 15 is 0 Å². The summed E-state index contributed by atoms with van der Waals surface area (Å²) in [6.45, 7) is 0. The van der Waals surface area contributed by atoms with E-state index in [9.17, 15) is 9.18 Å². The van der Waals surface area contributed by atoms with Gasteiger partial charge in [0.15, 0.2) is 0 Å². The Morgan fingerprint density at radius 2 is 2.00 bits per heavy atom. The number of rotatable bonds is 1. The maximum Gasteiger partial charge on any atom is 0.488 e. The lowest BCUT2D eigenvalue weighted by Gasteiger charge is -2.02. The molecule has 0 spiro atoms. The van der Waals surface area contributed by atoms with Gasteiger partial charge in [0.25, 0.3) is 5.56 Å². The first-order valence-corrected chi connectivity index (χ1v) is 4.26. The van der Waals surface area contributed by atoms with Gasteiger partial charge in [-0.05, 0) is 11.5 Å². The van der Waals surface area contributed by atoms with Gasteiger partial charge in [-0.25, -0.2) is 4.39 Å². The molecule has 0 aliphatic heterocycles. The van der Waals surface area contributed by atoms with Gasteiger partial charge in [-0.2, -0.15) is 0 Å². The Balaban J connectivity index is 2.81. The van der Waals surface area contributed by atoms with Gasteiger partial charge >= 0.3 is 7.12 Å². The van der Waals surface area contributed by atoms with Crippen molar-refractivity contribution in [1.29, 1.82) is 0 Å². The highest BCUT2D eigenvalue weighted by atomic mass is 19.1. The Bertz CT molecular complexity index is 567. The number of halogens is 1. The quantitative estimate of drug-likeness (QED) is 0.544. The van der Waals surface area contributed by atoms with Crippen molar-refractivity contribution < 1.29 is 14.4 Å². The van der Waals surface area contributed by atoms with E-state index in [1.807, 2.05) is 0 Å². The first-order chi connectivity index (χ1) is 7.09. The van der Waals surface area contributed by atoms with Crippen molar-refractivity contribution in [3.63, 3.8) is 0 Å². The molecule has 2 aromatic rings. The number of pyridine rings is 1. The van der Waals surface area contributed by atoms with Gasteiger partial charge in [0, 0.05) is 17.0 Å². The smallest absolute Gasteiger partial charge is 0.423 e. The van der Waals surface area contributed by atoms with Gasteiger partial charge in [-0.15, -0.1) is 0 Å². The van der Waals surface area contributed by atoms with Crippen molar-refractivity contribution >= 4 is 23.4 Å². The van der Waals surface area contributed by atoms with Gasteiger partial charge in [0.2, 0.25) is 0 Å². The second kappa shape index (κ2) is 3.49. The molecule has 0 unspecified atom stereocenters. The molecule has 15 heavy (non-hydrogen) atoms. The van der Waals surface area contributed by atoms with Crippen molar-refractivity contribution in [3.05, 3.63) is 40.6 Å². The predicted molar refractivity (Wildman–Crippen MR) is 54.4 cm³/mol. The van der Waals surface area contributed by atoms with Crippen LogP contribution in [0, 0.1) is 5.82 Å². The highest BCUT2D eigenvalue weighted by Gasteiger charge is 2.13. The third kappa shape index (κ3) is 1.64. The fraction of sp³-hybridized carbons (Fsp3) is 0. The Hall–Kier alpha value is -1.66. The molecule has 0 saturated carbocycles. The fourth-order valence-electron chi connectivity index (χ4n) is 1.40. The molecule has 0 amide bonds. The lowest BCUT2D eigenvalue weighted by molar-refractivity contribution is 0.426. The van der Waals surface area contributed by atoms with Crippen LogP contribution in [0.4, 0.5) is 4.39 Å². The van der Waals surface area contributed by atoms with Crippen LogP contribution in [0.5, 0.6) is 0 Å². The predicted octanol–water partition coefficient (Wildman–Crippen LogP) is -0.653. The van der Waals surface area contributed by atoms with Crippen LogP contribution in [-0.2, 0) is 0 Å². The zero-order valence-electron chi connectivity index (χ0n) is 7.57. The van der Waals surface area contributed by atoms with Gasteiger partial charge in [0.05, 0.1) is 0 Å². The summed E-state index contributed by atoms with van der Waals surface area (Å²) in [5.41, 5.74) is -0.266. The highest BCUT2D eigenvalue weighted by Crippen LogP contribution is 2.10. The largest absolute Gasteiger partial charge is 0.488 e. The maximum absolute atomic E-state index is 13.3. The average molecular weight is 207 g/mol. The summed E-state index contributed by atoms with van der Waals surface area (Å²) in [7, 11) is -1.67. The molecular formula is C9H7BFNO3. The van der Waals surface area contributed by atoms with E-state index in [1.54, 1.807) is 0 Å². The molecule has 3 N–H and O–H groups in total. The summed E-state index contributed by atoms with van der Waals surface area (Å²) < 4.78 is 13.3. The third-order valence-electron chi connectivity index (χ3n) is 2.17. The molecule has 0 atom stereocenters. The SMILES string of the molecule is O=c1[nH]cc(F)c2cc(B(O)O)ccc12. The van der Waals surface area contributed by atoms with Crippen LogP contribution in [0.15, 0.2) is 29.2 Å². The van der Waals surface area contributed by atoms with Crippen LogP contribution >= 0.6 is 0 Å². The van der Waals surface area contributed by atoms with Crippen molar-refractivity contribution in [2.75, 3.05) is 0 Å². The number of hydrogen-bond donors (Lipinski definition) is 3. The van der Waals surface area contributed by atoms with Crippen molar-refractivity contribution in [2.24, 2.45) is 0 Å². The Morgan fingerprint density at radius 1 is 1.27 bits per heavy atom. The van der Waals surface area contributed by atoms with Crippen LogP contribution in [0.3, 0.4) is 0 Å². The molecule has 6 heteroatoms. The molecule has 0 saturated heterocycles. The van der Waals surface area contributed by atoms with E-state index in [0.717, 1.165) is 6.20 Å². The summed E-state index contributed by atoms with van der Waals surface area (Å²) in [5.74, 6) is -0.605. The molecule has 1 heterocycles. The number of nitrogens with one attached hydrogen (secondary N) is 1. The summed E-state index contributed by atoms with van der Waals surface area (Å²) in [6, 6.07) is 3.96. The molecule has 0 aliphatic carbocycles. The summed E-state index contributed by atoms with van der Waals surface area (Å²) >= 11 is 0. The van der Waals surface area contributed by atoms with Gasteiger partial charge in [-0.1, -0.05) is 12.1 Å². The lowest BCUT2D eigenvalue weighted by atomic mass is 9.79. The van der Waals surface area contributed by atoms with E-state index in [-0.39, 0.29) is 16.2 Å². The van der Waals surface area contributed by atoms with Crippen molar-refractivity contribution in [3.8, 4) is 0 Å². The first kappa shape index (κ1) is 9.88. The zero-order chi connectivity index (χ0) is 11.0. The lowest BCUT2D eigenvalue weighted by Crippen LogP contribution is -2.29. The molecule has 2 rings (SSSR count). The minimum absolute atomic E-state index is 0.0735. The monoisotopic (exact) mass is 207 g/mol. The second-order valence-electron chi connectivity index (χ2n) is 3.14. The second-order valence-corrected chi connectivity index (χ2v) is 3.14. The van der Waals surface area contributed by atoms with Gasteiger partial charge < -0.3 is 15.0 Å². The van der Waals surface area contributed by atoms with E-state index < -0.39 is 18.5 Å². The Kier molecular flexibility index (Phi) is 2.30. The normalized spacial score (nSPS) is 10.6. The van der Waals surface area contributed by atoms with Crippen molar-refractivity contribution in [2.45, 2.75) is 0 Å². The topological polar surface area (TPSA) is 73.3 Å². The third-order valence-corrected chi connectivity index (χ3v) is 2.17. The molecule has 1 aromatic heterocycles. The van der Waals surface area contributed by atoms with E-state index in [2.05, 4.69) is 4.98 Å². The number of fused-ring (bicyclic) bond motifs is 1. The highest BCUT2D eigenvalue weighted by molar-refractivity contribution is 6.58. The van der Waals surface area contributed by atoms with Gasteiger partial charge in [0.1, 0.15) is 5.82 Å². The molecular weight excluding hydrogens is 200 g/mol. The molecule has 4 nitrogen and oxygen atoms in total. The number of H-pyrrole nitrogens is 1. The Morgan fingerprint density at radius 3 is 2.67 bits per heavy atom. The van der Waals surface area contributed by atoms with Crippen LogP contribution in [-0.4, -0.2) is 22.2 Å². The van der Waals surface area contributed by atoms with Crippen LogP contribution < -0.4 is 11.0 Å². The van der Waals surface area contributed by atoms with Crippen LogP contribution in [0.2, 0.25) is 0 Å². The fourth-order valence-corrected chi connectivity index (χ4v) is 1.40. The summed E-state index contributed by atoms with van der Waals surface area (Å²) in [4.78, 5) is 13.5. The van der Waals surface area contributed by atoms with Gasteiger partial charge in [-0.3, -0.25) is 4.79 Å². The average Bonchev–Trinajstić information content (AvgIpc) is 2.23. The molecule has 0 aliphatic rings. The van der Waals surface area contributed by atoms with E-state index in [4.69, 9.17) is 10.0 Å². The first-order valence-electron chi connectivity index (χ1n) is 4.26. The van der Waals surface area contributed by atoms with E-state index in [1.165, 1.54) is 18.2 Å². The molecule has 0 fully saturated rings. The number of aromatic nitrogens is 1. The summed E-state index contributed by atoms with van der Waals surface area (Å²) in [5, 5.41) is 18.0. The zero-order valence-corrected chi connectivity index (χ0v) is 7.57. The molecule has 0 radical (unpaired) electrons.